The van der Waals surface area contributed by atoms with Crippen molar-refractivity contribution < 1.29 is 33.3 Å². The van der Waals surface area contributed by atoms with E-state index in [0.29, 0.717) is 61.3 Å². The van der Waals surface area contributed by atoms with Gasteiger partial charge in [0.05, 0.1) is 18.2 Å². The lowest BCUT2D eigenvalue weighted by Crippen LogP contribution is -2.67. The number of amides is 1. The Balaban J connectivity index is 0.972. The lowest BCUT2D eigenvalue weighted by molar-refractivity contribution is -0.176. The van der Waals surface area contributed by atoms with Gasteiger partial charge in [0, 0.05) is 33.9 Å². The highest BCUT2D eigenvalue weighted by Crippen LogP contribution is 2.78. The molecule has 0 aliphatic heterocycles. The van der Waals surface area contributed by atoms with Gasteiger partial charge in [0.15, 0.2) is 17.4 Å². The summed E-state index contributed by atoms with van der Waals surface area (Å²) in [5.74, 6) is 0.0867. The zero-order chi connectivity index (χ0) is 40.7. The molecule has 1 unspecified atom stereocenters. The maximum atomic E-state index is 14.9. The third-order valence-electron chi connectivity index (χ3n) is 18.5. The molecule has 10 aliphatic rings. The van der Waals surface area contributed by atoms with Crippen LogP contribution in [0.3, 0.4) is 0 Å². The second-order valence-electron chi connectivity index (χ2n) is 21.4. The number of allylic oxidation sites excluding steroid dienone is 4. The van der Waals surface area contributed by atoms with Crippen molar-refractivity contribution >= 4 is 22.6 Å². The van der Waals surface area contributed by atoms with Crippen molar-refractivity contribution in [3.05, 3.63) is 102 Å². The highest BCUT2D eigenvalue weighted by atomic mass is 19.2. The minimum absolute atomic E-state index is 0.00841. The van der Waals surface area contributed by atoms with Crippen LogP contribution in [-0.4, -0.2) is 51.8 Å². The van der Waals surface area contributed by atoms with Gasteiger partial charge in [-0.3, -0.25) is 4.79 Å². The van der Waals surface area contributed by atoms with Crippen molar-refractivity contribution in [1.29, 1.82) is 0 Å². The van der Waals surface area contributed by atoms with Gasteiger partial charge in [0.1, 0.15) is 5.75 Å². The molecule has 10 aliphatic carbocycles. The van der Waals surface area contributed by atoms with Crippen LogP contribution in [0.5, 0.6) is 5.75 Å². The molecule has 1 amide bonds. The number of nitrogens with zero attached hydrogens (tertiary/aromatic N) is 1. The number of aliphatic hydroxyl groups excluding tert-OH is 1. The molecular formula is C51H57F2NO5. The van der Waals surface area contributed by atoms with E-state index in [4.69, 9.17) is 4.74 Å². The quantitative estimate of drug-likeness (QED) is 0.184. The summed E-state index contributed by atoms with van der Waals surface area (Å²) in [7, 11) is 0. The number of benzene rings is 3. The Morgan fingerprint density at radius 3 is 2.17 bits per heavy atom. The maximum Gasteiger partial charge on any atom is 0.415 e. The summed E-state index contributed by atoms with van der Waals surface area (Å²) in [6.07, 6.45) is 17.4. The number of hydrogen-bond donors (Lipinski definition) is 2. The van der Waals surface area contributed by atoms with E-state index in [1.54, 1.807) is 0 Å². The molecular weight excluding hydrogens is 745 g/mol. The van der Waals surface area contributed by atoms with Crippen molar-refractivity contribution in [2.45, 2.75) is 109 Å². The number of hydrogen-bond acceptors (Lipinski definition) is 5. The van der Waals surface area contributed by atoms with Crippen LogP contribution in [0.2, 0.25) is 0 Å². The molecule has 8 heteroatoms. The normalized spacial score (nSPS) is 42.2. The smallest absolute Gasteiger partial charge is 0.410 e. The molecule has 0 radical (unpaired) electrons. The topological polar surface area (TPSA) is 87.1 Å². The average Bonchev–Trinajstić information content (AvgIpc) is 3.47. The van der Waals surface area contributed by atoms with E-state index in [-0.39, 0.29) is 40.6 Å². The van der Waals surface area contributed by atoms with Gasteiger partial charge in [-0.1, -0.05) is 62.4 Å². The third-order valence-corrected chi connectivity index (χ3v) is 18.5. The van der Waals surface area contributed by atoms with Crippen molar-refractivity contribution in [3.8, 4) is 5.75 Å². The minimum Gasteiger partial charge on any atom is -0.410 e. The summed E-state index contributed by atoms with van der Waals surface area (Å²) in [6.45, 7) is 5.21. The van der Waals surface area contributed by atoms with Gasteiger partial charge in [0.2, 0.25) is 0 Å². The molecule has 3 aromatic rings. The molecule has 13 rings (SSSR count). The molecule has 0 aromatic heterocycles. The van der Waals surface area contributed by atoms with E-state index in [9.17, 15) is 28.6 Å². The van der Waals surface area contributed by atoms with E-state index < -0.39 is 45.7 Å². The van der Waals surface area contributed by atoms with Crippen LogP contribution in [0.25, 0.3) is 10.8 Å². The molecule has 7 saturated carbocycles. The Morgan fingerprint density at radius 1 is 0.763 bits per heavy atom. The fraction of sp³-hybridized carbons (Fsp3) is 0.569. The van der Waals surface area contributed by atoms with Gasteiger partial charge >= 0.3 is 6.09 Å². The van der Waals surface area contributed by atoms with Gasteiger partial charge in [-0.25, -0.2) is 13.6 Å². The number of ketones is 1. The van der Waals surface area contributed by atoms with Crippen LogP contribution in [0.15, 0.2) is 84.5 Å². The Bertz CT molecular complexity index is 2300. The van der Waals surface area contributed by atoms with Crippen molar-refractivity contribution in [1.82, 2.24) is 4.90 Å². The summed E-state index contributed by atoms with van der Waals surface area (Å²) in [6, 6.07) is 17.2. The third kappa shape index (κ3) is 5.39. The molecule has 2 N–H and O–H groups in total. The molecule has 6 nitrogen and oxygen atoms in total. The number of fused-ring (bicyclic) bond motifs is 2. The zero-order valence-corrected chi connectivity index (χ0v) is 34.4. The summed E-state index contributed by atoms with van der Waals surface area (Å²) in [5.41, 5.74) is -2.82. The lowest BCUT2D eigenvalue weighted by Gasteiger charge is -2.71. The van der Waals surface area contributed by atoms with Crippen LogP contribution in [0.4, 0.5) is 13.6 Å². The van der Waals surface area contributed by atoms with Gasteiger partial charge < -0.3 is 19.8 Å². The molecule has 0 heterocycles. The number of ether oxygens (including phenoxy) is 1. The number of rotatable bonds is 7. The average molecular weight is 802 g/mol. The molecule has 7 fully saturated rings. The Labute approximate surface area is 346 Å². The summed E-state index contributed by atoms with van der Waals surface area (Å²) in [4.78, 5) is 31.5. The predicted octanol–water partition coefficient (Wildman–Crippen LogP) is 10.6. The first-order valence-electron chi connectivity index (χ1n) is 22.5. The van der Waals surface area contributed by atoms with Crippen LogP contribution >= 0.6 is 0 Å². The monoisotopic (exact) mass is 801 g/mol. The van der Waals surface area contributed by atoms with Gasteiger partial charge in [0.25, 0.3) is 0 Å². The van der Waals surface area contributed by atoms with Crippen molar-refractivity contribution in [2.75, 3.05) is 13.1 Å². The zero-order valence-electron chi connectivity index (χ0n) is 34.4. The molecule has 2 spiro atoms. The fourth-order valence-corrected chi connectivity index (χ4v) is 16.2. The molecule has 59 heavy (non-hydrogen) atoms. The second-order valence-corrected chi connectivity index (χ2v) is 21.4. The Hall–Kier alpha value is -3.88. The van der Waals surface area contributed by atoms with Gasteiger partial charge in [-0.05, 0) is 165 Å². The largest absolute Gasteiger partial charge is 0.415 e. The Kier molecular flexibility index (Phi) is 8.28. The highest BCUT2D eigenvalue weighted by molar-refractivity contribution is 6.10. The highest BCUT2D eigenvalue weighted by Gasteiger charge is 2.74. The number of carbonyl (C=O) groups is 2. The van der Waals surface area contributed by atoms with Crippen molar-refractivity contribution in [3.63, 3.8) is 0 Å². The summed E-state index contributed by atoms with van der Waals surface area (Å²) in [5, 5.41) is 26.6. The van der Waals surface area contributed by atoms with Crippen LogP contribution in [-0.2, 0) is 0 Å². The van der Waals surface area contributed by atoms with Crippen LogP contribution in [0, 0.1) is 68.3 Å². The number of aliphatic hydroxyl groups is 2. The first-order chi connectivity index (χ1) is 28.2. The molecule has 3 aromatic carbocycles. The predicted molar refractivity (Wildman–Crippen MR) is 221 cm³/mol. The SMILES string of the molecule is C[C@]12CC[C@H]3[C@]4(C=C[C@@]5(C=C4C(=O)c4ccc(F)c(F)c4)CC(O)CC[C@]35C)[C@@H]1CC[C@@]2(O)CN(CC12CC3CC(CC(C3)C1)C2)C(=O)Oc1ccc2ccccc2c1. The number of Topliss-reactive ketones (excluding diaryl/α,β-unsaturated/α-hetero) is 1. The second kappa shape index (κ2) is 12.8. The first-order valence-corrected chi connectivity index (χ1v) is 22.5. The minimum atomic E-state index is -1.28. The van der Waals surface area contributed by atoms with E-state index in [0.717, 1.165) is 61.4 Å². The van der Waals surface area contributed by atoms with Gasteiger partial charge in [-0.15, -0.1) is 0 Å². The Morgan fingerprint density at radius 2 is 1.44 bits per heavy atom. The van der Waals surface area contributed by atoms with E-state index in [1.807, 2.05) is 47.4 Å². The maximum absolute atomic E-state index is 14.9. The number of carbonyl (C=O) groups excluding carboxylic acids is 2. The molecule has 8 atom stereocenters. The summed E-state index contributed by atoms with van der Waals surface area (Å²) >= 11 is 0. The van der Waals surface area contributed by atoms with E-state index in [2.05, 4.69) is 32.1 Å². The summed E-state index contributed by atoms with van der Waals surface area (Å²) < 4.78 is 35.3. The van der Waals surface area contributed by atoms with E-state index in [1.165, 1.54) is 25.3 Å². The first kappa shape index (κ1) is 38.1. The van der Waals surface area contributed by atoms with Crippen molar-refractivity contribution in [2.24, 2.45) is 56.7 Å². The standard InChI is InChI=1S/C51H57F2NO5/c1-46-14-11-37(55)27-49(46)17-18-51(39(28-49)44(56)36-8-10-40(52)41(53)23-36)42(46)12-15-47(2)43(51)13-16-50(47,58)30-54(29-48-24-31-19-32(25-48)21-33(20-31)26-48)45(57)59-38-9-7-34-5-3-4-6-35(34)22-38/h3-10,17-18,22-23,28,31-33,37,42-43,55,58H,11-16,19-21,24-27,29-30H2,1-2H3/t31?,32?,33?,37?,42-,43-,46-,47+,48?,49+,50-,51-/m1/s1. The van der Waals surface area contributed by atoms with E-state index >= 15 is 0 Å². The number of halogens is 2. The molecule has 6 bridgehead atoms. The van der Waals surface area contributed by atoms with Crippen LogP contribution in [0.1, 0.15) is 108 Å². The fourth-order valence-electron chi connectivity index (χ4n) is 16.2. The lowest BCUT2D eigenvalue weighted by atomic mass is 9.32. The molecule has 310 valence electrons. The molecule has 0 saturated heterocycles. The van der Waals surface area contributed by atoms with Gasteiger partial charge in [-0.2, -0.15) is 0 Å². The van der Waals surface area contributed by atoms with Crippen LogP contribution < -0.4 is 4.74 Å².